The van der Waals surface area contributed by atoms with Crippen molar-refractivity contribution in [2.75, 3.05) is 0 Å². The minimum atomic E-state index is -0.637. The van der Waals surface area contributed by atoms with E-state index in [1.165, 1.54) is 0 Å². The highest BCUT2D eigenvalue weighted by Gasteiger charge is 2.00. The zero-order valence-corrected chi connectivity index (χ0v) is 9.80. The Kier molecular flexibility index (Phi) is 3.78. The summed E-state index contributed by atoms with van der Waals surface area (Å²) < 4.78 is 4.85. The summed E-state index contributed by atoms with van der Waals surface area (Å²) in [7, 11) is 0. The molecule has 0 aliphatic rings. The largest absolute Gasteiger partial charge is 0.451 e. The quantitative estimate of drug-likeness (QED) is 0.465. The molecule has 0 heterocycles. The maximum atomic E-state index is 10.8. The van der Waals surface area contributed by atoms with Crippen LogP contribution in [-0.2, 0) is 16.1 Å². The van der Waals surface area contributed by atoms with E-state index in [4.69, 9.17) is 11.2 Å². The van der Waals surface area contributed by atoms with Crippen molar-refractivity contribution in [1.82, 2.24) is 0 Å². The van der Waals surface area contributed by atoms with Crippen LogP contribution in [0.1, 0.15) is 5.56 Å². The molecule has 0 radical (unpaired) electrons. The van der Waals surface area contributed by atoms with Gasteiger partial charge in [-0.25, -0.2) is 4.79 Å². The topological polar surface area (TPSA) is 26.3 Å². The molecule has 88 valence electrons. The van der Waals surface area contributed by atoms with E-state index in [1.807, 2.05) is 60.5 Å². The van der Waals surface area contributed by atoms with Gasteiger partial charge in [0.2, 0.25) is 0 Å². The zero-order chi connectivity index (χ0) is 12.8. The molecule has 0 saturated carbocycles. The monoisotopic (exact) mass is 236 g/mol. The van der Waals surface area contributed by atoms with Gasteiger partial charge in [-0.05, 0) is 16.7 Å². The van der Waals surface area contributed by atoms with Crippen molar-refractivity contribution in [1.29, 1.82) is 0 Å². The summed E-state index contributed by atoms with van der Waals surface area (Å²) in [5.74, 6) is 1.27. The molecule has 2 aromatic rings. The van der Waals surface area contributed by atoms with Gasteiger partial charge >= 0.3 is 5.97 Å². The average Bonchev–Trinajstić information content (AvgIpc) is 2.46. The first-order valence-electron chi connectivity index (χ1n) is 5.57. The van der Waals surface area contributed by atoms with Crippen molar-refractivity contribution in [3.05, 3.63) is 60.2 Å². The Morgan fingerprint density at radius 3 is 2.22 bits per heavy atom. The molecule has 0 amide bonds. The van der Waals surface area contributed by atoms with Crippen molar-refractivity contribution < 1.29 is 9.53 Å². The first-order chi connectivity index (χ1) is 8.79. The Bertz CT molecular complexity index is 562. The van der Waals surface area contributed by atoms with Crippen molar-refractivity contribution in [3.8, 4) is 23.5 Å². The maximum absolute atomic E-state index is 10.8. The minimum Gasteiger partial charge on any atom is -0.451 e. The second kappa shape index (κ2) is 5.70. The fourth-order valence-corrected chi connectivity index (χ4v) is 1.61. The van der Waals surface area contributed by atoms with Gasteiger partial charge in [0.25, 0.3) is 0 Å². The fraction of sp³-hybridized carbons (Fsp3) is 0.0625. The third kappa shape index (κ3) is 2.99. The standard InChI is InChI=1S/C16H12O2/c1-2-16(17)18-12-13-8-10-15(11-9-13)14-6-4-3-5-7-14/h1,3-11H,12H2. The lowest BCUT2D eigenvalue weighted by atomic mass is 10.0. The van der Waals surface area contributed by atoms with Crippen molar-refractivity contribution in [3.63, 3.8) is 0 Å². The molecule has 2 rings (SSSR count). The van der Waals surface area contributed by atoms with Crippen LogP contribution in [0.4, 0.5) is 0 Å². The van der Waals surface area contributed by atoms with E-state index in [0.717, 1.165) is 16.7 Å². The van der Waals surface area contributed by atoms with Gasteiger partial charge in [0.15, 0.2) is 0 Å². The molecular formula is C16H12O2. The molecule has 2 nitrogen and oxygen atoms in total. The molecule has 2 heteroatoms. The van der Waals surface area contributed by atoms with E-state index in [2.05, 4.69) is 0 Å². The van der Waals surface area contributed by atoms with Crippen molar-refractivity contribution in [2.45, 2.75) is 6.61 Å². The van der Waals surface area contributed by atoms with Gasteiger partial charge in [-0.3, -0.25) is 0 Å². The highest BCUT2D eigenvalue weighted by molar-refractivity contribution is 5.87. The van der Waals surface area contributed by atoms with Crippen LogP contribution < -0.4 is 0 Å². The first-order valence-corrected chi connectivity index (χ1v) is 5.57. The number of carbonyl (C=O) groups is 1. The van der Waals surface area contributed by atoms with Crippen LogP contribution in [0.15, 0.2) is 54.6 Å². The molecule has 2 aromatic carbocycles. The number of rotatable bonds is 3. The fourth-order valence-electron chi connectivity index (χ4n) is 1.61. The molecule has 0 spiro atoms. The summed E-state index contributed by atoms with van der Waals surface area (Å²) in [4.78, 5) is 10.8. The molecule has 0 unspecified atom stereocenters. The van der Waals surface area contributed by atoms with Crippen LogP contribution in [0, 0.1) is 12.3 Å². The maximum Gasteiger partial charge on any atom is 0.384 e. The number of terminal acetylenes is 1. The Hall–Kier alpha value is -2.53. The zero-order valence-electron chi connectivity index (χ0n) is 9.80. The first kappa shape index (κ1) is 11.9. The van der Waals surface area contributed by atoms with Gasteiger partial charge in [-0.15, -0.1) is 6.42 Å². The van der Waals surface area contributed by atoms with E-state index in [1.54, 1.807) is 0 Å². The molecule has 0 atom stereocenters. The van der Waals surface area contributed by atoms with E-state index in [0.29, 0.717) is 0 Å². The van der Waals surface area contributed by atoms with Crippen molar-refractivity contribution >= 4 is 5.97 Å². The van der Waals surface area contributed by atoms with Gasteiger partial charge < -0.3 is 4.74 Å². The molecule has 0 saturated heterocycles. The third-order valence-electron chi connectivity index (χ3n) is 2.55. The summed E-state index contributed by atoms with van der Waals surface area (Å²) in [6, 6.07) is 17.9. The molecular weight excluding hydrogens is 224 g/mol. The molecule has 0 fully saturated rings. The lowest BCUT2D eigenvalue weighted by Crippen LogP contribution is -2.00. The Labute approximate surface area is 106 Å². The number of hydrogen-bond donors (Lipinski definition) is 0. The summed E-state index contributed by atoms with van der Waals surface area (Å²) in [6.07, 6.45) is 4.91. The molecule has 0 aromatic heterocycles. The Morgan fingerprint density at radius 2 is 1.61 bits per heavy atom. The highest BCUT2D eigenvalue weighted by atomic mass is 16.5. The predicted molar refractivity (Wildman–Crippen MR) is 70.5 cm³/mol. The summed E-state index contributed by atoms with van der Waals surface area (Å²) in [5.41, 5.74) is 3.20. The van der Waals surface area contributed by atoms with Crippen LogP contribution in [-0.4, -0.2) is 5.97 Å². The van der Waals surface area contributed by atoms with Crippen LogP contribution in [0.2, 0.25) is 0 Å². The van der Waals surface area contributed by atoms with Gasteiger partial charge in [-0.1, -0.05) is 54.6 Å². The minimum absolute atomic E-state index is 0.206. The Morgan fingerprint density at radius 1 is 1.00 bits per heavy atom. The molecule has 0 N–H and O–H groups in total. The van der Waals surface area contributed by atoms with E-state index >= 15 is 0 Å². The van der Waals surface area contributed by atoms with Gasteiger partial charge in [0, 0.05) is 5.92 Å². The third-order valence-corrected chi connectivity index (χ3v) is 2.55. The molecule has 18 heavy (non-hydrogen) atoms. The van der Waals surface area contributed by atoms with E-state index < -0.39 is 5.97 Å². The van der Waals surface area contributed by atoms with Crippen LogP contribution >= 0.6 is 0 Å². The second-order valence-electron chi connectivity index (χ2n) is 3.78. The van der Waals surface area contributed by atoms with Crippen LogP contribution in [0.3, 0.4) is 0 Å². The number of benzene rings is 2. The highest BCUT2D eigenvalue weighted by Crippen LogP contribution is 2.19. The smallest absolute Gasteiger partial charge is 0.384 e. The van der Waals surface area contributed by atoms with Gasteiger partial charge in [0.05, 0.1) is 0 Å². The lowest BCUT2D eigenvalue weighted by Gasteiger charge is -2.04. The molecule has 0 bridgehead atoms. The van der Waals surface area contributed by atoms with Gasteiger partial charge in [-0.2, -0.15) is 0 Å². The summed E-state index contributed by atoms with van der Waals surface area (Å²) in [6.45, 7) is 0.206. The van der Waals surface area contributed by atoms with Crippen molar-refractivity contribution in [2.24, 2.45) is 0 Å². The predicted octanol–water partition coefficient (Wildman–Crippen LogP) is 3.03. The van der Waals surface area contributed by atoms with Crippen LogP contribution in [0.25, 0.3) is 11.1 Å². The summed E-state index contributed by atoms with van der Waals surface area (Å²) in [5, 5.41) is 0. The number of ether oxygens (including phenoxy) is 1. The Balaban J connectivity index is 2.07. The second-order valence-corrected chi connectivity index (χ2v) is 3.78. The molecule has 0 aliphatic carbocycles. The van der Waals surface area contributed by atoms with Crippen LogP contribution in [0.5, 0.6) is 0 Å². The van der Waals surface area contributed by atoms with E-state index in [-0.39, 0.29) is 6.61 Å². The van der Waals surface area contributed by atoms with Gasteiger partial charge in [0.1, 0.15) is 6.61 Å². The lowest BCUT2D eigenvalue weighted by molar-refractivity contribution is -0.137. The average molecular weight is 236 g/mol. The number of esters is 1. The van der Waals surface area contributed by atoms with E-state index in [9.17, 15) is 4.79 Å². The summed E-state index contributed by atoms with van der Waals surface area (Å²) >= 11 is 0. The number of hydrogen-bond acceptors (Lipinski definition) is 2. The number of carbonyl (C=O) groups excluding carboxylic acids is 1. The SMILES string of the molecule is C#CC(=O)OCc1ccc(-c2ccccc2)cc1. The normalized spacial score (nSPS) is 9.50. The molecule has 0 aliphatic heterocycles.